The Morgan fingerprint density at radius 3 is 1.78 bits per heavy atom. The Morgan fingerprint density at radius 1 is 0.902 bits per heavy atom. The van der Waals surface area contributed by atoms with Crippen LogP contribution in [0.1, 0.15) is 26.7 Å². The molecule has 2 aromatic rings. The van der Waals surface area contributed by atoms with Gasteiger partial charge >= 0.3 is 0 Å². The van der Waals surface area contributed by atoms with Gasteiger partial charge in [0.15, 0.2) is 0 Å². The number of non-ortho nitro benzene ring substituents is 2. The summed E-state index contributed by atoms with van der Waals surface area (Å²) < 4.78 is 0. The van der Waals surface area contributed by atoms with E-state index in [0.717, 1.165) is 36.5 Å². The van der Waals surface area contributed by atoms with Crippen molar-refractivity contribution >= 4 is 69.5 Å². The summed E-state index contributed by atoms with van der Waals surface area (Å²) in [5, 5.41) is 27.9. The summed E-state index contributed by atoms with van der Waals surface area (Å²) in [5.74, 6) is 0.564. The van der Waals surface area contributed by atoms with Gasteiger partial charge in [0.25, 0.3) is 11.4 Å². The summed E-state index contributed by atoms with van der Waals surface area (Å²) in [5.41, 5.74) is -0.0566. The highest BCUT2D eigenvalue weighted by molar-refractivity contribution is 7.99. The summed E-state index contributed by atoms with van der Waals surface area (Å²) in [6.45, 7) is 6.15. The molecule has 1 saturated heterocycles. The van der Waals surface area contributed by atoms with Crippen LogP contribution >= 0.6 is 35.0 Å². The SMILES string of the molecule is CCCN(CCC)C(C(=O)Nc1ccc([N+](=O)[O-])cc1Cl)C(C(=O)Nc1ccc([N+](=O)[O-])cc1Cl)N1CCSCC1. The predicted molar refractivity (Wildman–Crippen MR) is 162 cm³/mol. The molecule has 2 amide bonds. The number of nitro benzene ring substituents is 2. The smallest absolute Gasteiger partial charge is 0.271 e. The third-order valence-electron chi connectivity index (χ3n) is 6.53. The van der Waals surface area contributed by atoms with E-state index in [1.54, 1.807) is 11.8 Å². The molecule has 1 aliphatic heterocycles. The zero-order valence-corrected chi connectivity index (χ0v) is 25.0. The molecule has 3 rings (SSSR count). The normalized spacial score (nSPS) is 15.2. The number of hydrogen-bond donors (Lipinski definition) is 2. The number of benzene rings is 2. The lowest BCUT2D eigenvalue weighted by Gasteiger charge is -2.42. The molecule has 1 heterocycles. The van der Waals surface area contributed by atoms with Gasteiger partial charge in [-0.05, 0) is 38.1 Å². The van der Waals surface area contributed by atoms with Crippen molar-refractivity contribution in [2.45, 2.75) is 38.8 Å². The van der Waals surface area contributed by atoms with E-state index in [4.69, 9.17) is 23.2 Å². The number of amides is 2. The molecule has 2 atom stereocenters. The number of hydrogen-bond acceptors (Lipinski definition) is 9. The van der Waals surface area contributed by atoms with Gasteiger partial charge in [0.1, 0.15) is 12.1 Å². The maximum atomic E-state index is 14.0. The first-order chi connectivity index (χ1) is 19.6. The topological polar surface area (TPSA) is 151 Å². The molecule has 0 spiro atoms. The molecule has 2 N–H and O–H groups in total. The van der Waals surface area contributed by atoms with Gasteiger partial charge in [-0.15, -0.1) is 0 Å². The number of nitrogens with zero attached hydrogens (tertiary/aromatic N) is 4. The van der Waals surface area contributed by atoms with Crippen LogP contribution in [0.5, 0.6) is 0 Å². The van der Waals surface area contributed by atoms with Crippen LogP contribution in [-0.2, 0) is 9.59 Å². The monoisotopic (exact) mass is 626 g/mol. The van der Waals surface area contributed by atoms with Crippen molar-refractivity contribution in [3.8, 4) is 0 Å². The Morgan fingerprint density at radius 2 is 1.37 bits per heavy atom. The highest BCUT2D eigenvalue weighted by Gasteiger charge is 2.42. The van der Waals surface area contributed by atoms with Gasteiger partial charge in [-0.3, -0.25) is 39.6 Å². The Hall–Kier alpha value is -2.97. The molecule has 12 nitrogen and oxygen atoms in total. The minimum absolute atomic E-state index is 0.00173. The Bertz CT molecular complexity index is 1270. The molecule has 222 valence electrons. The highest BCUT2D eigenvalue weighted by atomic mass is 35.5. The standard InChI is InChI=1S/C26H32Cl2N6O6S/c1-3-9-31(10-4-2)23(25(35)29-21-7-5-17(33(37)38)15-19(21)27)24(32-11-13-41-14-12-32)26(36)30-22-8-6-18(34(39)40)16-20(22)28/h5-8,15-16,23-24H,3-4,9-14H2,1-2H3,(H,29,35)(H,30,36). The number of anilines is 2. The molecular weight excluding hydrogens is 595 g/mol. The lowest BCUT2D eigenvalue weighted by atomic mass is 10.0. The molecule has 2 aromatic carbocycles. The first-order valence-corrected chi connectivity index (χ1v) is 15.0. The highest BCUT2D eigenvalue weighted by Crippen LogP contribution is 2.30. The van der Waals surface area contributed by atoms with Crippen molar-refractivity contribution in [3.63, 3.8) is 0 Å². The lowest BCUT2D eigenvalue weighted by molar-refractivity contribution is -0.385. The summed E-state index contributed by atoms with van der Waals surface area (Å²) >= 11 is 14.3. The maximum absolute atomic E-state index is 14.0. The van der Waals surface area contributed by atoms with Crippen LogP contribution in [0.4, 0.5) is 22.7 Å². The van der Waals surface area contributed by atoms with Gasteiger partial charge in [-0.1, -0.05) is 37.0 Å². The minimum Gasteiger partial charge on any atom is -0.323 e. The second kappa shape index (κ2) is 15.3. The van der Waals surface area contributed by atoms with Crippen molar-refractivity contribution in [1.29, 1.82) is 0 Å². The number of nitrogens with one attached hydrogen (secondary N) is 2. The van der Waals surface area contributed by atoms with Gasteiger partial charge in [0.2, 0.25) is 11.8 Å². The van der Waals surface area contributed by atoms with Gasteiger partial charge in [0, 0.05) is 48.9 Å². The number of thioether (sulfide) groups is 1. The minimum atomic E-state index is -0.957. The number of carbonyl (C=O) groups excluding carboxylic acids is 2. The third kappa shape index (κ3) is 8.52. The number of carbonyl (C=O) groups is 2. The van der Waals surface area contributed by atoms with Gasteiger partial charge in [-0.2, -0.15) is 11.8 Å². The average Bonchev–Trinajstić information content (AvgIpc) is 2.93. The maximum Gasteiger partial charge on any atom is 0.271 e. The van der Waals surface area contributed by atoms with Crippen LogP contribution in [0, 0.1) is 20.2 Å². The number of nitro groups is 2. The summed E-state index contributed by atoms with van der Waals surface area (Å²) in [7, 11) is 0. The Balaban J connectivity index is 2.03. The Kier molecular flexibility index (Phi) is 12.2. The lowest BCUT2D eigenvalue weighted by Crippen LogP contribution is -2.63. The van der Waals surface area contributed by atoms with Gasteiger partial charge < -0.3 is 10.6 Å². The fraction of sp³-hybridized carbons (Fsp3) is 0.462. The fourth-order valence-corrected chi connectivity index (χ4v) is 6.06. The Labute approximate surface area is 252 Å². The van der Waals surface area contributed by atoms with E-state index in [1.807, 2.05) is 23.6 Å². The van der Waals surface area contributed by atoms with Crippen molar-refractivity contribution in [3.05, 3.63) is 66.7 Å². The van der Waals surface area contributed by atoms with E-state index in [9.17, 15) is 29.8 Å². The second-order valence-corrected chi connectivity index (χ2v) is 11.4. The number of halogens is 2. The second-order valence-electron chi connectivity index (χ2n) is 9.40. The molecule has 0 aromatic heterocycles. The van der Waals surface area contributed by atoms with E-state index in [2.05, 4.69) is 10.6 Å². The zero-order valence-electron chi connectivity index (χ0n) is 22.7. The van der Waals surface area contributed by atoms with Crippen LogP contribution in [0.3, 0.4) is 0 Å². The molecule has 0 bridgehead atoms. The van der Waals surface area contributed by atoms with Gasteiger partial charge in [-0.25, -0.2) is 0 Å². The van der Waals surface area contributed by atoms with Crippen LogP contribution in [0.2, 0.25) is 10.0 Å². The van der Waals surface area contributed by atoms with Crippen molar-refractivity contribution in [2.75, 3.05) is 48.3 Å². The molecule has 0 saturated carbocycles. The summed E-state index contributed by atoms with van der Waals surface area (Å²) in [4.78, 5) is 53.1. The molecular formula is C26H32Cl2N6O6S. The van der Waals surface area contributed by atoms with Crippen LogP contribution in [0.15, 0.2) is 36.4 Å². The quantitative estimate of drug-likeness (QED) is 0.223. The van der Waals surface area contributed by atoms with Crippen LogP contribution < -0.4 is 10.6 Å². The molecule has 15 heteroatoms. The van der Waals surface area contributed by atoms with Crippen molar-refractivity contribution in [2.24, 2.45) is 0 Å². The first kappa shape index (κ1) is 32.5. The van der Waals surface area contributed by atoms with E-state index in [-0.39, 0.29) is 32.8 Å². The van der Waals surface area contributed by atoms with E-state index >= 15 is 0 Å². The fourth-order valence-electron chi connectivity index (χ4n) is 4.69. The molecule has 0 radical (unpaired) electrons. The van der Waals surface area contributed by atoms with Crippen molar-refractivity contribution in [1.82, 2.24) is 9.80 Å². The molecule has 1 fully saturated rings. The summed E-state index contributed by atoms with van der Waals surface area (Å²) in [6.07, 6.45) is 1.45. The van der Waals surface area contributed by atoms with E-state index < -0.39 is 33.7 Å². The average molecular weight is 628 g/mol. The van der Waals surface area contributed by atoms with Crippen molar-refractivity contribution < 1.29 is 19.4 Å². The largest absolute Gasteiger partial charge is 0.323 e. The molecule has 1 aliphatic rings. The van der Waals surface area contributed by atoms with Crippen LogP contribution in [-0.4, -0.2) is 81.2 Å². The zero-order chi connectivity index (χ0) is 30.1. The van der Waals surface area contributed by atoms with Gasteiger partial charge in [0.05, 0.1) is 31.3 Å². The van der Waals surface area contributed by atoms with E-state index in [1.165, 1.54) is 24.3 Å². The molecule has 2 unspecified atom stereocenters. The van der Waals surface area contributed by atoms with Crippen LogP contribution in [0.25, 0.3) is 0 Å². The number of rotatable bonds is 13. The predicted octanol–water partition coefficient (Wildman–Crippen LogP) is 5.30. The third-order valence-corrected chi connectivity index (χ3v) is 8.10. The first-order valence-electron chi connectivity index (χ1n) is 13.1. The summed E-state index contributed by atoms with van der Waals surface area (Å²) in [6, 6.07) is 5.63. The molecule has 0 aliphatic carbocycles. The molecule has 41 heavy (non-hydrogen) atoms. The van der Waals surface area contributed by atoms with E-state index in [0.29, 0.717) is 26.2 Å².